The summed E-state index contributed by atoms with van der Waals surface area (Å²) in [5.41, 5.74) is 2.59. The van der Waals surface area contributed by atoms with Gasteiger partial charge in [0, 0.05) is 5.56 Å². The Morgan fingerprint density at radius 2 is 1.94 bits per heavy atom. The average molecular weight is 244 g/mol. The second-order valence-electron chi connectivity index (χ2n) is 5.54. The monoisotopic (exact) mass is 244 g/mol. The summed E-state index contributed by atoms with van der Waals surface area (Å²) in [7, 11) is 0. The Kier molecular flexibility index (Phi) is 4.99. The quantitative estimate of drug-likeness (QED) is 0.801. The van der Waals surface area contributed by atoms with Gasteiger partial charge in [-0.2, -0.15) is 0 Å². The Bertz CT molecular complexity index is 460. The van der Waals surface area contributed by atoms with Crippen LogP contribution in [0, 0.1) is 31.6 Å². The lowest BCUT2D eigenvalue weighted by atomic mass is 9.92. The van der Waals surface area contributed by atoms with Crippen LogP contribution in [0.3, 0.4) is 0 Å². The number of benzene rings is 1. The van der Waals surface area contributed by atoms with Gasteiger partial charge in [0.05, 0.1) is 0 Å². The summed E-state index contributed by atoms with van der Waals surface area (Å²) in [4.78, 5) is 0. The van der Waals surface area contributed by atoms with Gasteiger partial charge in [-0.1, -0.05) is 38.2 Å². The van der Waals surface area contributed by atoms with Gasteiger partial charge in [-0.3, -0.25) is 0 Å². The third-order valence-corrected chi connectivity index (χ3v) is 3.43. The zero-order valence-electron chi connectivity index (χ0n) is 12.2. The molecule has 0 fully saturated rings. The third-order valence-electron chi connectivity index (χ3n) is 3.43. The molecule has 1 heteroatoms. The summed E-state index contributed by atoms with van der Waals surface area (Å²) < 4.78 is 0. The van der Waals surface area contributed by atoms with E-state index in [4.69, 9.17) is 0 Å². The molecule has 1 aromatic carbocycles. The van der Waals surface area contributed by atoms with Crippen LogP contribution < -0.4 is 0 Å². The Morgan fingerprint density at radius 1 is 1.28 bits per heavy atom. The second-order valence-corrected chi connectivity index (χ2v) is 5.54. The fourth-order valence-corrected chi connectivity index (χ4v) is 1.90. The highest BCUT2D eigenvalue weighted by atomic mass is 16.3. The summed E-state index contributed by atoms with van der Waals surface area (Å²) in [6.45, 7) is 10.3. The van der Waals surface area contributed by atoms with E-state index in [0.717, 1.165) is 18.4 Å². The zero-order chi connectivity index (χ0) is 13.8. The first kappa shape index (κ1) is 14.8. The van der Waals surface area contributed by atoms with Crippen LogP contribution in [-0.4, -0.2) is 10.7 Å². The maximum atomic E-state index is 10.2. The van der Waals surface area contributed by atoms with Crippen molar-refractivity contribution in [3.63, 3.8) is 0 Å². The van der Waals surface area contributed by atoms with E-state index in [1.165, 1.54) is 11.1 Å². The molecule has 1 nitrogen and oxygen atoms in total. The van der Waals surface area contributed by atoms with Crippen LogP contribution in [0.1, 0.15) is 50.3 Å². The number of hydrogen-bond acceptors (Lipinski definition) is 1. The minimum absolute atomic E-state index is 0.494. The van der Waals surface area contributed by atoms with Gasteiger partial charge in [-0.15, -0.1) is 0 Å². The number of hydrogen-bond donors (Lipinski definition) is 1. The molecule has 0 spiro atoms. The van der Waals surface area contributed by atoms with E-state index in [2.05, 4.69) is 51.7 Å². The first-order chi connectivity index (χ1) is 8.34. The molecule has 98 valence electrons. The van der Waals surface area contributed by atoms with Gasteiger partial charge in [0.1, 0.15) is 5.60 Å². The van der Waals surface area contributed by atoms with Crippen molar-refractivity contribution in [2.45, 2.75) is 53.1 Å². The summed E-state index contributed by atoms with van der Waals surface area (Å²) in [5.74, 6) is 6.57. The van der Waals surface area contributed by atoms with E-state index in [1.807, 2.05) is 6.07 Å². The average Bonchev–Trinajstić information content (AvgIpc) is 2.30. The number of aliphatic hydroxyl groups is 1. The maximum absolute atomic E-state index is 10.2. The SMILES string of the molecule is CCC(C)CC(C)(O)C#Cc1ccc(C)c(C)c1. The standard InChI is InChI=1S/C17H24O/c1-6-13(2)12-17(5,18)10-9-16-8-7-14(3)15(4)11-16/h7-8,11,13,18H,6,12H2,1-5H3. The smallest absolute Gasteiger partial charge is 0.123 e. The molecule has 0 bridgehead atoms. The molecule has 1 N–H and O–H groups in total. The van der Waals surface area contributed by atoms with E-state index in [-0.39, 0.29) is 0 Å². The van der Waals surface area contributed by atoms with Crippen LogP contribution in [0.25, 0.3) is 0 Å². The fraction of sp³-hybridized carbons (Fsp3) is 0.529. The van der Waals surface area contributed by atoms with E-state index in [0.29, 0.717) is 5.92 Å². The lowest BCUT2D eigenvalue weighted by Gasteiger charge is -2.20. The van der Waals surface area contributed by atoms with Crippen molar-refractivity contribution >= 4 is 0 Å². The van der Waals surface area contributed by atoms with Crippen LogP contribution in [0.2, 0.25) is 0 Å². The minimum Gasteiger partial charge on any atom is -0.378 e. The lowest BCUT2D eigenvalue weighted by molar-refractivity contribution is 0.0939. The van der Waals surface area contributed by atoms with Crippen LogP contribution in [0.5, 0.6) is 0 Å². The van der Waals surface area contributed by atoms with Gasteiger partial charge in [-0.25, -0.2) is 0 Å². The van der Waals surface area contributed by atoms with Crippen LogP contribution in [0.15, 0.2) is 18.2 Å². The molecule has 0 saturated heterocycles. The molecule has 0 aliphatic carbocycles. The predicted octanol–water partition coefficient (Wildman–Crippen LogP) is 3.84. The van der Waals surface area contributed by atoms with Crippen molar-refractivity contribution in [2.24, 2.45) is 5.92 Å². The third kappa shape index (κ3) is 4.55. The largest absolute Gasteiger partial charge is 0.378 e. The molecule has 0 saturated carbocycles. The molecule has 0 radical (unpaired) electrons. The summed E-state index contributed by atoms with van der Waals surface area (Å²) in [6, 6.07) is 6.15. The zero-order valence-corrected chi connectivity index (χ0v) is 12.2. The Balaban J connectivity index is 2.83. The van der Waals surface area contributed by atoms with Crippen LogP contribution in [-0.2, 0) is 0 Å². The molecule has 2 unspecified atom stereocenters. The van der Waals surface area contributed by atoms with Crippen molar-refractivity contribution in [3.05, 3.63) is 34.9 Å². The Morgan fingerprint density at radius 3 is 2.50 bits per heavy atom. The van der Waals surface area contributed by atoms with Crippen LogP contribution in [0.4, 0.5) is 0 Å². The normalized spacial score (nSPS) is 15.4. The molecule has 18 heavy (non-hydrogen) atoms. The van der Waals surface area contributed by atoms with Crippen LogP contribution >= 0.6 is 0 Å². The second kappa shape index (κ2) is 6.07. The van der Waals surface area contributed by atoms with Gasteiger partial charge in [0.15, 0.2) is 0 Å². The Labute approximate surface area is 111 Å². The molecule has 0 aromatic heterocycles. The molecule has 0 aliphatic heterocycles. The number of rotatable bonds is 3. The van der Waals surface area contributed by atoms with Gasteiger partial charge in [0.25, 0.3) is 0 Å². The van der Waals surface area contributed by atoms with E-state index in [1.54, 1.807) is 6.92 Å². The molecule has 1 rings (SSSR count). The molecular weight excluding hydrogens is 220 g/mol. The molecule has 0 aliphatic rings. The van der Waals surface area contributed by atoms with Gasteiger partial charge >= 0.3 is 0 Å². The van der Waals surface area contributed by atoms with Crippen molar-refractivity contribution in [1.82, 2.24) is 0 Å². The minimum atomic E-state index is -0.895. The lowest BCUT2D eigenvalue weighted by Crippen LogP contribution is -2.24. The molecule has 1 aromatic rings. The van der Waals surface area contributed by atoms with E-state index < -0.39 is 5.60 Å². The van der Waals surface area contributed by atoms with E-state index in [9.17, 15) is 5.11 Å². The first-order valence-electron chi connectivity index (χ1n) is 6.67. The number of aryl methyl sites for hydroxylation is 2. The van der Waals surface area contributed by atoms with Gasteiger partial charge in [0.2, 0.25) is 0 Å². The topological polar surface area (TPSA) is 20.2 Å². The Hall–Kier alpha value is -1.26. The predicted molar refractivity (Wildman–Crippen MR) is 77.5 cm³/mol. The van der Waals surface area contributed by atoms with Crippen molar-refractivity contribution in [1.29, 1.82) is 0 Å². The first-order valence-corrected chi connectivity index (χ1v) is 6.67. The maximum Gasteiger partial charge on any atom is 0.123 e. The van der Waals surface area contributed by atoms with Gasteiger partial charge < -0.3 is 5.11 Å². The van der Waals surface area contributed by atoms with E-state index >= 15 is 0 Å². The highest BCUT2D eigenvalue weighted by Gasteiger charge is 2.19. The highest BCUT2D eigenvalue weighted by Crippen LogP contribution is 2.18. The summed E-state index contributed by atoms with van der Waals surface area (Å²) >= 11 is 0. The fourth-order valence-electron chi connectivity index (χ4n) is 1.90. The highest BCUT2D eigenvalue weighted by molar-refractivity contribution is 5.41. The molecule has 0 heterocycles. The summed E-state index contributed by atoms with van der Waals surface area (Å²) in [6.07, 6.45) is 1.79. The van der Waals surface area contributed by atoms with Crippen molar-refractivity contribution in [3.8, 4) is 11.8 Å². The van der Waals surface area contributed by atoms with Crippen molar-refractivity contribution in [2.75, 3.05) is 0 Å². The molecule has 2 atom stereocenters. The molecular formula is C17H24O. The van der Waals surface area contributed by atoms with Crippen molar-refractivity contribution < 1.29 is 5.11 Å². The van der Waals surface area contributed by atoms with Gasteiger partial charge in [-0.05, 0) is 56.4 Å². The summed E-state index contributed by atoms with van der Waals surface area (Å²) in [5, 5.41) is 10.2. The molecule has 0 amide bonds.